The molecule has 4 amide bonds. The van der Waals surface area contributed by atoms with Crippen molar-refractivity contribution < 1.29 is 19.2 Å². The average Bonchev–Trinajstić information content (AvgIpc) is 3.00. The van der Waals surface area contributed by atoms with E-state index < -0.39 is 17.7 Å². The Morgan fingerprint density at radius 1 is 0.750 bits per heavy atom. The molecule has 0 unspecified atom stereocenters. The van der Waals surface area contributed by atoms with Gasteiger partial charge in [-0.05, 0) is 73.5 Å². The minimum absolute atomic E-state index is 0.186. The minimum Gasteiger partial charge on any atom is -0.326 e. The molecule has 1 aliphatic rings. The monoisotopic (exact) mass is 427 g/mol. The fraction of sp³-hybridized carbons (Fsp3) is 0.120. The van der Waals surface area contributed by atoms with Crippen molar-refractivity contribution in [1.82, 2.24) is 0 Å². The fourth-order valence-corrected chi connectivity index (χ4v) is 3.60. The molecule has 0 saturated heterocycles. The summed E-state index contributed by atoms with van der Waals surface area (Å²) in [5.74, 6) is -1.45. The smallest absolute Gasteiger partial charge is 0.266 e. The Labute approximate surface area is 185 Å². The van der Waals surface area contributed by atoms with Gasteiger partial charge in [-0.15, -0.1) is 0 Å². The van der Waals surface area contributed by atoms with Crippen LogP contribution in [-0.4, -0.2) is 23.6 Å². The van der Waals surface area contributed by atoms with Gasteiger partial charge >= 0.3 is 0 Å². The Morgan fingerprint density at radius 2 is 1.38 bits per heavy atom. The molecular weight excluding hydrogens is 406 g/mol. The summed E-state index contributed by atoms with van der Waals surface area (Å²) in [7, 11) is 0. The Balaban J connectivity index is 1.57. The lowest BCUT2D eigenvalue weighted by Gasteiger charge is -2.17. The second kappa shape index (κ2) is 8.11. The van der Waals surface area contributed by atoms with Crippen LogP contribution in [0.4, 0.5) is 17.1 Å². The Hall–Kier alpha value is -4.26. The van der Waals surface area contributed by atoms with E-state index in [0.717, 1.165) is 16.0 Å². The van der Waals surface area contributed by atoms with E-state index in [4.69, 9.17) is 0 Å². The van der Waals surface area contributed by atoms with Gasteiger partial charge in [0.2, 0.25) is 5.91 Å². The van der Waals surface area contributed by atoms with Crippen molar-refractivity contribution in [1.29, 1.82) is 0 Å². The van der Waals surface area contributed by atoms with Crippen LogP contribution >= 0.6 is 0 Å². The van der Waals surface area contributed by atoms with Gasteiger partial charge in [-0.2, -0.15) is 0 Å². The highest BCUT2D eigenvalue weighted by Gasteiger charge is 2.37. The summed E-state index contributed by atoms with van der Waals surface area (Å²) in [6.07, 6.45) is 0. The molecule has 0 aromatic heterocycles. The molecular formula is C25H21N3O4. The van der Waals surface area contributed by atoms with Gasteiger partial charge in [0, 0.05) is 23.9 Å². The molecule has 0 atom stereocenters. The number of fused-ring (bicyclic) bond motifs is 1. The molecule has 160 valence electrons. The highest BCUT2D eigenvalue weighted by Crippen LogP contribution is 2.32. The zero-order valence-electron chi connectivity index (χ0n) is 17.9. The first-order chi connectivity index (χ1) is 15.2. The third-order valence-corrected chi connectivity index (χ3v) is 5.22. The van der Waals surface area contributed by atoms with E-state index in [-0.39, 0.29) is 22.6 Å². The third kappa shape index (κ3) is 3.88. The number of amides is 4. The number of benzene rings is 3. The standard InChI is InChI=1S/C25H21N3O4/c1-14-4-5-15(2)22(12-14)28-24(31)20-11-6-17(13-21(20)25(28)32)23(30)27-19-9-7-18(8-10-19)26-16(3)29/h4-13H,1-3H3,(H,26,29)(H,27,30). The van der Waals surface area contributed by atoms with Crippen LogP contribution in [0, 0.1) is 13.8 Å². The third-order valence-electron chi connectivity index (χ3n) is 5.22. The van der Waals surface area contributed by atoms with Crippen molar-refractivity contribution in [3.8, 4) is 0 Å². The van der Waals surface area contributed by atoms with Gasteiger partial charge in [-0.1, -0.05) is 12.1 Å². The van der Waals surface area contributed by atoms with Gasteiger partial charge < -0.3 is 10.6 Å². The summed E-state index contributed by atoms with van der Waals surface area (Å²) >= 11 is 0. The minimum atomic E-state index is -0.451. The lowest BCUT2D eigenvalue weighted by Crippen LogP contribution is -2.30. The number of nitrogens with one attached hydrogen (secondary N) is 2. The van der Waals surface area contributed by atoms with Crippen LogP contribution in [0.5, 0.6) is 0 Å². The summed E-state index contributed by atoms with van der Waals surface area (Å²) in [4.78, 5) is 51.0. The molecule has 0 saturated carbocycles. The predicted octanol–water partition coefficient (Wildman–Crippen LogP) is 4.31. The van der Waals surface area contributed by atoms with Crippen LogP contribution < -0.4 is 15.5 Å². The zero-order valence-corrected chi connectivity index (χ0v) is 17.9. The molecule has 2 N–H and O–H groups in total. The highest BCUT2D eigenvalue weighted by molar-refractivity contribution is 6.35. The summed E-state index contributed by atoms with van der Waals surface area (Å²) < 4.78 is 0. The number of imide groups is 1. The quantitative estimate of drug-likeness (QED) is 0.607. The summed E-state index contributed by atoms with van der Waals surface area (Å²) in [6, 6.07) is 16.7. The maximum atomic E-state index is 13.1. The van der Waals surface area contributed by atoms with Crippen LogP contribution in [0.2, 0.25) is 0 Å². The van der Waals surface area contributed by atoms with Crippen molar-refractivity contribution in [2.24, 2.45) is 0 Å². The molecule has 0 bridgehead atoms. The van der Waals surface area contributed by atoms with E-state index in [9.17, 15) is 19.2 Å². The fourth-order valence-electron chi connectivity index (χ4n) is 3.60. The second-order valence-electron chi connectivity index (χ2n) is 7.71. The first-order valence-corrected chi connectivity index (χ1v) is 10.0. The highest BCUT2D eigenvalue weighted by atomic mass is 16.2. The Morgan fingerprint density at radius 3 is 2.03 bits per heavy atom. The Kier molecular flexibility index (Phi) is 5.32. The van der Waals surface area contributed by atoms with Gasteiger partial charge in [0.25, 0.3) is 17.7 Å². The topological polar surface area (TPSA) is 95.6 Å². The lowest BCUT2D eigenvalue weighted by atomic mass is 10.1. The molecule has 0 radical (unpaired) electrons. The van der Waals surface area contributed by atoms with E-state index in [1.807, 2.05) is 26.0 Å². The normalized spacial score (nSPS) is 12.5. The van der Waals surface area contributed by atoms with Crippen LogP contribution in [0.1, 0.15) is 49.1 Å². The van der Waals surface area contributed by atoms with E-state index in [1.165, 1.54) is 25.1 Å². The van der Waals surface area contributed by atoms with Crippen LogP contribution in [0.3, 0.4) is 0 Å². The van der Waals surface area contributed by atoms with Crippen LogP contribution in [0.25, 0.3) is 0 Å². The first kappa shape index (κ1) is 21.0. The molecule has 32 heavy (non-hydrogen) atoms. The summed E-state index contributed by atoms with van der Waals surface area (Å²) in [5, 5.41) is 5.41. The molecule has 7 heteroatoms. The maximum Gasteiger partial charge on any atom is 0.266 e. The number of hydrogen-bond donors (Lipinski definition) is 2. The van der Waals surface area contributed by atoms with Crippen molar-refractivity contribution in [2.45, 2.75) is 20.8 Å². The molecule has 0 spiro atoms. The van der Waals surface area contributed by atoms with Crippen molar-refractivity contribution >= 4 is 40.7 Å². The number of aryl methyl sites for hydroxylation is 2. The van der Waals surface area contributed by atoms with Gasteiger partial charge in [-0.25, -0.2) is 4.90 Å². The molecule has 1 heterocycles. The van der Waals surface area contributed by atoms with Crippen molar-refractivity contribution in [2.75, 3.05) is 15.5 Å². The van der Waals surface area contributed by atoms with Crippen molar-refractivity contribution in [3.63, 3.8) is 0 Å². The number of anilines is 3. The number of carbonyl (C=O) groups is 4. The predicted molar refractivity (Wildman–Crippen MR) is 122 cm³/mol. The zero-order chi connectivity index (χ0) is 23.0. The van der Waals surface area contributed by atoms with Crippen molar-refractivity contribution in [3.05, 3.63) is 88.5 Å². The number of hydrogen-bond acceptors (Lipinski definition) is 4. The molecule has 1 aliphatic heterocycles. The molecule has 4 rings (SSSR count). The number of carbonyl (C=O) groups excluding carboxylic acids is 4. The van der Waals surface area contributed by atoms with Gasteiger partial charge in [-0.3, -0.25) is 19.2 Å². The Bertz CT molecular complexity index is 1280. The molecule has 7 nitrogen and oxygen atoms in total. The summed E-state index contributed by atoms with van der Waals surface area (Å²) in [5.41, 5.74) is 4.17. The molecule has 3 aromatic rings. The van der Waals surface area contributed by atoms with E-state index in [1.54, 1.807) is 30.3 Å². The van der Waals surface area contributed by atoms with Crippen LogP contribution in [0.15, 0.2) is 60.7 Å². The maximum absolute atomic E-state index is 13.1. The van der Waals surface area contributed by atoms with Crippen LogP contribution in [-0.2, 0) is 4.79 Å². The van der Waals surface area contributed by atoms with Gasteiger partial charge in [0.15, 0.2) is 0 Å². The average molecular weight is 427 g/mol. The molecule has 0 aliphatic carbocycles. The first-order valence-electron chi connectivity index (χ1n) is 10.0. The number of nitrogens with zero attached hydrogens (tertiary/aromatic N) is 1. The largest absolute Gasteiger partial charge is 0.326 e. The second-order valence-corrected chi connectivity index (χ2v) is 7.71. The lowest BCUT2D eigenvalue weighted by molar-refractivity contribution is -0.114. The SMILES string of the molecule is CC(=O)Nc1ccc(NC(=O)c2ccc3c(c2)C(=O)N(c2cc(C)ccc2C)C3=O)cc1. The molecule has 0 fully saturated rings. The molecule has 3 aromatic carbocycles. The van der Waals surface area contributed by atoms with E-state index in [0.29, 0.717) is 17.1 Å². The van der Waals surface area contributed by atoms with Gasteiger partial charge in [0.05, 0.1) is 16.8 Å². The summed E-state index contributed by atoms with van der Waals surface area (Å²) in [6.45, 7) is 5.15. The number of rotatable bonds is 4. The van der Waals surface area contributed by atoms with Gasteiger partial charge in [0.1, 0.15) is 0 Å². The van der Waals surface area contributed by atoms with E-state index in [2.05, 4.69) is 10.6 Å². The van der Waals surface area contributed by atoms with E-state index >= 15 is 0 Å².